The van der Waals surface area contributed by atoms with E-state index >= 15 is 0 Å². The Balaban J connectivity index is 1.63. The van der Waals surface area contributed by atoms with E-state index in [1.54, 1.807) is 24.3 Å². The summed E-state index contributed by atoms with van der Waals surface area (Å²) in [6.45, 7) is 3.40. The number of para-hydroxylation sites is 1. The molecule has 2 aromatic carbocycles. The molecular weight excluding hydrogens is 352 g/mol. The molecule has 2 amide bonds. The summed E-state index contributed by atoms with van der Waals surface area (Å²) < 4.78 is 5.54. The Bertz CT molecular complexity index is 796. The largest absolute Gasteiger partial charge is 0.376 e. The molecule has 1 aliphatic rings. The third-order valence-electron chi connectivity index (χ3n) is 4.97. The molecule has 5 nitrogen and oxygen atoms in total. The minimum atomic E-state index is -0.221. The topological polar surface area (TPSA) is 67.4 Å². The van der Waals surface area contributed by atoms with Crippen LogP contribution in [-0.4, -0.2) is 31.1 Å². The number of ether oxygens (including phenoxy) is 1. The van der Waals surface area contributed by atoms with Gasteiger partial charge in [0.2, 0.25) is 0 Å². The van der Waals surface area contributed by atoms with E-state index in [4.69, 9.17) is 4.74 Å². The van der Waals surface area contributed by atoms with Gasteiger partial charge < -0.3 is 15.4 Å². The Kier molecular flexibility index (Phi) is 7.20. The first kappa shape index (κ1) is 20.1. The number of carbonyl (C=O) groups excluding carboxylic acids is 2. The highest BCUT2D eigenvalue weighted by Gasteiger charge is 2.18. The fourth-order valence-corrected chi connectivity index (χ4v) is 3.30. The number of amides is 2. The summed E-state index contributed by atoms with van der Waals surface area (Å²) in [6.07, 6.45) is 5.38. The van der Waals surface area contributed by atoms with Crippen molar-refractivity contribution < 1.29 is 14.3 Å². The SMILES string of the molecule is CCCCc1ccc(C(=O)Nc2ccccc2C(=O)NCC2CCCO2)cc1. The molecular formula is C23H28N2O3. The predicted octanol–water partition coefficient (Wildman–Crippen LogP) is 4.19. The zero-order valence-corrected chi connectivity index (χ0v) is 16.4. The van der Waals surface area contributed by atoms with Crippen LogP contribution in [-0.2, 0) is 11.2 Å². The lowest BCUT2D eigenvalue weighted by Crippen LogP contribution is -2.32. The smallest absolute Gasteiger partial charge is 0.255 e. The summed E-state index contributed by atoms with van der Waals surface area (Å²) in [6, 6.07) is 14.7. The molecule has 0 aromatic heterocycles. The van der Waals surface area contributed by atoms with Crippen LogP contribution in [0.4, 0.5) is 5.69 Å². The highest BCUT2D eigenvalue weighted by atomic mass is 16.5. The lowest BCUT2D eigenvalue weighted by Gasteiger charge is -2.14. The molecule has 2 N–H and O–H groups in total. The maximum absolute atomic E-state index is 12.6. The van der Waals surface area contributed by atoms with Gasteiger partial charge in [-0.25, -0.2) is 0 Å². The standard InChI is InChI=1S/C23H28N2O3/c1-2-3-7-17-11-13-18(14-12-17)22(26)25-21-10-5-4-9-20(21)23(27)24-16-19-8-6-15-28-19/h4-5,9-14,19H,2-3,6-8,15-16H2,1H3,(H,24,27)(H,25,26). The monoisotopic (exact) mass is 380 g/mol. The van der Waals surface area contributed by atoms with Gasteiger partial charge in [-0.2, -0.15) is 0 Å². The van der Waals surface area contributed by atoms with Crippen LogP contribution in [0, 0.1) is 0 Å². The van der Waals surface area contributed by atoms with E-state index < -0.39 is 0 Å². The summed E-state index contributed by atoms with van der Waals surface area (Å²) in [5.41, 5.74) is 2.77. The van der Waals surface area contributed by atoms with Crippen molar-refractivity contribution >= 4 is 17.5 Å². The summed E-state index contributed by atoms with van der Waals surface area (Å²) >= 11 is 0. The molecule has 0 saturated carbocycles. The summed E-state index contributed by atoms with van der Waals surface area (Å²) in [5, 5.41) is 5.77. The van der Waals surface area contributed by atoms with E-state index in [2.05, 4.69) is 17.6 Å². The molecule has 1 unspecified atom stereocenters. The van der Waals surface area contributed by atoms with Gasteiger partial charge in [0.1, 0.15) is 0 Å². The second-order valence-electron chi connectivity index (χ2n) is 7.15. The molecule has 2 aromatic rings. The molecule has 1 atom stereocenters. The Labute approximate surface area is 166 Å². The number of benzene rings is 2. The molecule has 0 bridgehead atoms. The van der Waals surface area contributed by atoms with Crippen molar-refractivity contribution in [3.05, 3.63) is 65.2 Å². The van der Waals surface area contributed by atoms with Crippen molar-refractivity contribution in [1.82, 2.24) is 5.32 Å². The molecule has 1 heterocycles. The van der Waals surface area contributed by atoms with E-state index in [0.29, 0.717) is 23.4 Å². The zero-order valence-electron chi connectivity index (χ0n) is 16.4. The van der Waals surface area contributed by atoms with Crippen molar-refractivity contribution in [2.75, 3.05) is 18.5 Å². The van der Waals surface area contributed by atoms with Crippen LogP contribution in [0.5, 0.6) is 0 Å². The average Bonchev–Trinajstić information content (AvgIpc) is 3.25. The Morgan fingerprint density at radius 1 is 1.07 bits per heavy atom. The van der Waals surface area contributed by atoms with Crippen LogP contribution in [0.2, 0.25) is 0 Å². The van der Waals surface area contributed by atoms with E-state index in [9.17, 15) is 9.59 Å². The minimum Gasteiger partial charge on any atom is -0.376 e. The van der Waals surface area contributed by atoms with Gasteiger partial charge in [-0.3, -0.25) is 9.59 Å². The number of carbonyl (C=O) groups is 2. The normalized spacial score (nSPS) is 16.0. The first-order valence-corrected chi connectivity index (χ1v) is 10.1. The third-order valence-corrected chi connectivity index (χ3v) is 4.97. The molecule has 1 aliphatic heterocycles. The first-order chi connectivity index (χ1) is 13.7. The van der Waals surface area contributed by atoms with Crippen molar-refractivity contribution in [3.8, 4) is 0 Å². The van der Waals surface area contributed by atoms with E-state index in [0.717, 1.165) is 38.7 Å². The van der Waals surface area contributed by atoms with Crippen molar-refractivity contribution in [2.24, 2.45) is 0 Å². The highest BCUT2D eigenvalue weighted by Crippen LogP contribution is 2.18. The van der Waals surface area contributed by atoms with Gasteiger partial charge >= 0.3 is 0 Å². The fraction of sp³-hybridized carbons (Fsp3) is 0.391. The van der Waals surface area contributed by atoms with Crippen molar-refractivity contribution in [1.29, 1.82) is 0 Å². The summed E-state index contributed by atoms with van der Waals surface area (Å²) in [4.78, 5) is 25.2. The number of nitrogens with one attached hydrogen (secondary N) is 2. The number of aryl methyl sites for hydroxylation is 1. The fourth-order valence-electron chi connectivity index (χ4n) is 3.30. The molecule has 1 saturated heterocycles. The maximum Gasteiger partial charge on any atom is 0.255 e. The Morgan fingerprint density at radius 2 is 1.86 bits per heavy atom. The van der Waals surface area contributed by atoms with Gasteiger partial charge in [0.15, 0.2) is 0 Å². The molecule has 0 radical (unpaired) electrons. The summed E-state index contributed by atoms with van der Waals surface area (Å²) in [5.74, 6) is -0.428. The molecule has 5 heteroatoms. The van der Waals surface area contributed by atoms with E-state index in [-0.39, 0.29) is 17.9 Å². The maximum atomic E-state index is 12.6. The van der Waals surface area contributed by atoms with Crippen LogP contribution >= 0.6 is 0 Å². The van der Waals surface area contributed by atoms with Crippen LogP contribution in [0.3, 0.4) is 0 Å². The van der Waals surface area contributed by atoms with Gasteiger partial charge in [0.05, 0.1) is 17.4 Å². The average molecular weight is 380 g/mol. The van der Waals surface area contributed by atoms with Crippen LogP contribution in [0.25, 0.3) is 0 Å². The molecule has 3 rings (SSSR count). The number of rotatable bonds is 8. The lowest BCUT2D eigenvalue weighted by molar-refractivity contribution is 0.0858. The highest BCUT2D eigenvalue weighted by molar-refractivity contribution is 6.09. The molecule has 148 valence electrons. The zero-order chi connectivity index (χ0) is 19.8. The van der Waals surface area contributed by atoms with Gasteiger partial charge in [-0.15, -0.1) is 0 Å². The number of unbranched alkanes of at least 4 members (excludes halogenated alkanes) is 1. The third kappa shape index (κ3) is 5.42. The van der Waals surface area contributed by atoms with Crippen molar-refractivity contribution in [2.45, 2.75) is 45.1 Å². The predicted molar refractivity (Wildman–Crippen MR) is 111 cm³/mol. The quantitative estimate of drug-likeness (QED) is 0.722. The van der Waals surface area contributed by atoms with E-state index in [1.165, 1.54) is 5.56 Å². The first-order valence-electron chi connectivity index (χ1n) is 10.1. The Morgan fingerprint density at radius 3 is 2.57 bits per heavy atom. The Hall–Kier alpha value is -2.66. The molecule has 1 fully saturated rings. The molecule has 0 spiro atoms. The van der Waals surface area contributed by atoms with Crippen LogP contribution in [0.1, 0.15) is 58.9 Å². The molecule has 0 aliphatic carbocycles. The van der Waals surface area contributed by atoms with Gasteiger partial charge in [0, 0.05) is 18.7 Å². The second kappa shape index (κ2) is 10.0. The van der Waals surface area contributed by atoms with Crippen LogP contribution in [0.15, 0.2) is 48.5 Å². The number of anilines is 1. The summed E-state index contributed by atoms with van der Waals surface area (Å²) in [7, 11) is 0. The van der Waals surface area contributed by atoms with Crippen LogP contribution < -0.4 is 10.6 Å². The minimum absolute atomic E-state index is 0.0805. The lowest BCUT2D eigenvalue weighted by atomic mass is 10.1. The number of hydrogen-bond acceptors (Lipinski definition) is 3. The van der Waals surface area contributed by atoms with Crippen molar-refractivity contribution in [3.63, 3.8) is 0 Å². The second-order valence-corrected chi connectivity index (χ2v) is 7.15. The van der Waals surface area contributed by atoms with E-state index in [1.807, 2.05) is 24.3 Å². The van der Waals surface area contributed by atoms with Gasteiger partial charge in [-0.05, 0) is 55.5 Å². The van der Waals surface area contributed by atoms with Gasteiger partial charge in [0.25, 0.3) is 11.8 Å². The van der Waals surface area contributed by atoms with Gasteiger partial charge in [-0.1, -0.05) is 37.6 Å². The molecule has 28 heavy (non-hydrogen) atoms. The number of hydrogen-bond donors (Lipinski definition) is 2.